The number of ether oxygens (including phenoxy) is 1. The Bertz CT molecular complexity index is 1250. The van der Waals surface area contributed by atoms with Gasteiger partial charge in [-0.05, 0) is 76.7 Å². The third-order valence-electron chi connectivity index (χ3n) is 6.44. The molecule has 0 heterocycles. The van der Waals surface area contributed by atoms with Gasteiger partial charge in [-0.1, -0.05) is 67.9 Å². The summed E-state index contributed by atoms with van der Waals surface area (Å²) in [6, 6.07) is 30.4. The highest BCUT2D eigenvalue weighted by Crippen LogP contribution is 2.50. The molecule has 0 radical (unpaired) electrons. The van der Waals surface area contributed by atoms with E-state index in [1.54, 1.807) is 7.11 Å². The Morgan fingerprint density at radius 1 is 0.645 bits per heavy atom. The van der Waals surface area contributed by atoms with Crippen molar-refractivity contribution in [2.24, 2.45) is 0 Å². The lowest BCUT2D eigenvalue weighted by Gasteiger charge is -2.22. The summed E-state index contributed by atoms with van der Waals surface area (Å²) in [4.78, 5) is 0. The molecule has 0 aliphatic heterocycles. The molecule has 0 saturated heterocycles. The smallest absolute Gasteiger partial charge is 0.119 e. The van der Waals surface area contributed by atoms with Crippen molar-refractivity contribution >= 4 is 11.4 Å². The Balaban J connectivity index is 1.42. The normalized spacial score (nSPS) is 13.4. The maximum Gasteiger partial charge on any atom is 0.119 e. The molecular formula is C29H27NO. The van der Waals surface area contributed by atoms with Gasteiger partial charge >= 0.3 is 0 Å². The van der Waals surface area contributed by atoms with E-state index in [1.807, 2.05) is 6.07 Å². The van der Waals surface area contributed by atoms with E-state index in [2.05, 4.69) is 105 Å². The number of aryl methyl sites for hydroxylation is 1. The molecular weight excluding hydrogens is 378 g/mol. The molecule has 0 amide bonds. The lowest BCUT2D eigenvalue weighted by Crippen LogP contribution is -2.15. The number of hydrogen-bond donors (Lipinski definition) is 1. The van der Waals surface area contributed by atoms with Gasteiger partial charge in [0, 0.05) is 16.8 Å². The standard InChI is InChI=1S/C29H27NO/c1-19-5-7-20(8-6-19)21-9-11-22(12-10-21)30-23-13-15-25-26-16-14-24(31-4)18-28(26)29(2,3)27(25)17-23/h5-18,30H,1-4H3. The van der Waals surface area contributed by atoms with E-state index >= 15 is 0 Å². The predicted octanol–water partition coefficient (Wildman–Crippen LogP) is 7.72. The van der Waals surface area contributed by atoms with Crippen LogP contribution < -0.4 is 10.1 Å². The Hall–Kier alpha value is -3.52. The van der Waals surface area contributed by atoms with Gasteiger partial charge in [0.25, 0.3) is 0 Å². The topological polar surface area (TPSA) is 21.3 Å². The minimum atomic E-state index is -0.0633. The van der Waals surface area contributed by atoms with Crippen LogP contribution in [0.25, 0.3) is 22.3 Å². The molecule has 0 atom stereocenters. The largest absolute Gasteiger partial charge is 0.497 e. The number of benzene rings is 4. The van der Waals surface area contributed by atoms with Crippen molar-refractivity contribution in [1.82, 2.24) is 0 Å². The van der Waals surface area contributed by atoms with E-state index in [1.165, 1.54) is 38.9 Å². The second-order valence-electron chi connectivity index (χ2n) is 8.87. The lowest BCUT2D eigenvalue weighted by molar-refractivity contribution is 0.413. The first kappa shape index (κ1) is 19.4. The SMILES string of the molecule is COc1ccc2c(c1)C(C)(C)c1cc(Nc3ccc(-c4ccc(C)cc4)cc3)ccc1-2. The number of nitrogens with one attached hydrogen (secondary N) is 1. The first-order chi connectivity index (χ1) is 15.0. The number of fused-ring (bicyclic) bond motifs is 3. The van der Waals surface area contributed by atoms with Crippen LogP contribution in [-0.4, -0.2) is 7.11 Å². The quantitative estimate of drug-likeness (QED) is 0.375. The summed E-state index contributed by atoms with van der Waals surface area (Å²) in [5, 5.41) is 3.58. The number of rotatable bonds is 4. The highest BCUT2D eigenvalue weighted by atomic mass is 16.5. The van der Waals surface area contributed by atoms with Gasteiger partial charge in [-0.3, -0.25) is 0 Å². The summed E-state index contributed by atoms with van der Waals surface area (Å²) in [5.41, 5.74) is 11.2. The third kappa shape index (κ3) is 3.38. The van der Waals surface area contributed by atoms with Gasteiger partial charge in [-0.25, -0.2) is 0 Å². The third-order valence-corrected chi connectivity index (χ3v) is 6.44. The van der Waals surface area contributed by atoms with Crippen molar-refractivity contribution < 1.29 is 4.74 Å². The Kier molecular flexibility index (Phi) is 4.59. The van der Waals surface area contributed by atoms with Crippen molar-refractivity contribution in [1.29, 1.82) is 0 Å². The molecule has 0 aromatic heterocycles. The zero-order chi connectivity index (χ0) is 21.6. The van der Waals surface area contributed by atoms with Crippen LogP contribution in [0, 0.1) is 6.92 Å². The van der Waals surface area contributed by atoms with Gasteiger partial charge in [0.15, 0.2) is 0 Å². The molecule has 0 saturated carbocycles. The maximum absolute atomic E-state index is 5.47. The highest BCUT2D eigenvalue weighted by Gasteiger charge is 2.35. The fourth-order valence-corrected chi connectivity index (χ4v) is 4.58. The molecule has 1 aliphatic rings. The van der Waals surface area contributed by atoms with Crippen LogP contribution in [0.15, 0.2) is 84.9 Å². The van der Waals surface area contributed by atoms with E-state index in [-0.39, 0.29) is 5.41 Å². The van der Waals surface area contributed by atoms with Crippen LogP contribution in [0.2, 0.25) is 0 Å². The second-order valence-corrected chi connectivity index (χ2v) is 8.87. The van der Waals surface area contributed by atoms with Crippen molar-refractivity contribution in [2.75, 3.05) is 12.4 Å². The fourth-order valence-electron chi connectivity index (χ4n) is 4.58. The molecule has 0 spiro atoms. The molecule has 154 valence electrons. The van der Waals surface area contributed by atoms with Gasteiger partial charge in [-0.15, -0.1) is 0 Å². The Morgan fingerprint density at radius 3 is 1.84 bits per heavy atom. The maximum atomic E-state index is 5.47. The van der Waals surface area contributed by atoms with Crippen LogP contribution in [0.1, 0.15) is 30.5 Å². The molecule has 5 rings (SSSR count). The number of methoxy groups -OCH3 is 1. The second kappa shape index (κ2) is 7.31. The van der Waals surface area contributed by atoms with E-state index < -0.39 is 0 Å². The molecule has 4 aromatic carbocycles. The zero-order valence-corrected chi connectivity index (χ0v) is 18.5. The Morgan fingerprint density at radius 2 is 1.19 bits per heavy atom. The first-order valence-corrected chi connectivity index (χ1v) is 10.7. The highest BCUT2D eigenvalue weighted by molar-refractivity contribution is 5.83. The summed E-state index contributed by atoms with van der Waals surface area (Å²) in [5.74, 6) is 0.909. The molecule has 4 aromatic rings. The van der Waals surface area contributed by atoms with E-state index in [0.29, 0.717) is 0 Å². The molecule has 0 bridgehead atoms. The lowest BCUT2D eigenvalue weighted by atomic mass is 9.82. The summed E-state index contributed by atoms with van der Waals surface area (Å²) in [6.45, 7) is 6.69. The van der Waals surface area contributed by atoms with Crippen LogP contribution in [0.4, 0.5) is 11.4 Å². The van der Waals surface area contributed by atoms with Crippen molar-refractivity contribution in [3.63, 3.8) is 0 Å². The van der Waals surface area contributed by atoms with Gasteiger partial charge < -0.3 is 10.1 Å². The molecule has 31 heavy (non-hydrogen) atoms. The average Bonchev–Trinajstić information content (AvgIpc) is 3.01. The van der Waals surface area contributed by atoms with Crippen LogP contribution in [0.3, 0.4) is 0 Å². The minimum absolute atomic E-state index is 0.0633. The van der Waals surface area contributed by atoms with E-state index in [4.69, 9.17) is 4.74 Å². The molecule has 0 unspecified atom stereocenters. The van der Waals surface area contributed by atoms with Crippen molar-refractivity contribution in [2.45, 2.75) is 26.2 Å². The monoisotopic (exact) mass is 405 g/mol. The van der Waals surface area contributed by atoms with E-state index in [9.17, 15) is 0 Å². The summed E-state index contributed by atoms with van der Waals surface area (Å²) < 4.78 is 5.47. The first-order valence-electron chi connectivity index (χ1n) is 10.7. The molecule has 2 heteroatoms. The van der Waals surface area contributed by atoms with Crippen molar-refractivity contribution in [3.8, 4) is 28.0 Å². The average molecular weight is 406 g/mol. The Labute approximate surface area is 184 Å². The van der Waals surface area contributed by atoms with Crippen molar-refractivity contribution in [3.05, 3.63) is 102 Å². The van der Waals surface area contributed by atoms with Crippen LogP contribution >= 0.6 is 0 Å². The van der Waals surface area contributed by atoms with E-state index in [0.717, 1.165) is 17.1 Å². The number of anilines is 2. The molecule has 0 fully saturated rings. The number of hydrogen-bond acceptors (Lipinski definition) is 2. The van der Waals surface area contributed by atoms with Crippen LogP contribution in [-0.2, 0) is 5.41 Å². The van der Waals surface area contributed by atoms with Gasteiger partial charge in [-0.2, -0.15) is 0 Å². The summed E-state index contributed by atoms with van der Waals surface area (Å²) in [6.07, 6.45) is 0. The minimum Gasteiger partial charge on any atom is -0.497 e. The van der Waals surface area contributed by atoms with Gasteiger partial charge in [0.05, 0.1) is 7.11 Å². The zero-order valence-electron chi connectivity index (χ0n) is 18.5. The molecule has 1 aliphatic carbocycles. The molecule has 2 nitrogen and oxygen atoms in total. The fraction of sp³-hybridized carbons (Fsp3) is 0.172. The summed E-state index contributed by atoms with van der Waals surface area (Å²) in [7, 11) is 1.73. The van der Waals surface area contributed by atoms with Gasteiger partial charge in [0.2, 0.25) is 0 Å². The molecule has 1 N–H and O–H groups in total. The van der Waals surface area contributed by atoms with Crippen LogP contribution in [0.5, 0.6) is 5.75 Å². The predicted molar refractivity (Wildman–Crippen MR) is 130 cm³/mol. The summed E-state index contributed by atoms with van der Waals surface area (Å²) >= 11 is 0. The van der Waals surface area contributed by atoms with Gasteiger partial charge in [0.1, 0.15) is 5.75 Å².